The van der Waals surface area contributed by atoms with E-state index in [0.29, 0.717) is 11.0 Å². The standard InChI is InChI=1S/C23H21N7OS/c1-12(2)21-18(15-7-5-6-13(3)10-15)24-23(32-21)30-17-9-8-14(4)11-16(17)19(27-30)20(31)22-25-28-29-26-22/h5-12H,1-4H3,(H,25,26,28,29). The minimum atomic E-state index is -0.382. The predicted octanol–water partition coefficient (Wildman–Crippen LogP) is 4.63. The Morgan fingerprint density at radius 2 is 1.91 bits per heavy atom. The van der Waals surface area contributed by atoms with Gasteiger partial charge < -0.3 is 0 Å². The molecule has 1 N–H and O–H groups in total. The minimum Gasteiger partial charge on any atom is -0.283 e. The summed E-state index contributed by atoms with van der Waals surface area (Å²) in [4.78, 5) is 19.2. The number of nitrogens with one attached hydrogen (secondary N) is 1. The van der Waals surface area contributed by atoms with E-state index in [0.717, 1.165) is 27.7 Å². The van der Waals surface area contributed by atoms with Crippen molar-refractivity contribution in [3.63, 3.8) is 0 Å². The zero-order chi connectivity index (χ0) is 22.4. The predicted molar refractivity (Wildman–Crippen MR) is 123 cm³/mol. The lowest BCUT2D eigenvalue weighted by Crippen LogP contribution is -2.06. The lowest BCUT2D eigenvalue weighted by atomic mass is 10.0. The molecule has 0 spiro atoms. The molecular weight excluding hydrogens is 422 g/mol. The number of H-pyrrole nitrogens is 1. The Bertz CT molecular complexity index is 1450. The second-order valence-electron chi connectivity index (χ2n) is 8.08. The van der Waals surface area contributed by atoms with Crippen molar-refractivity contribution < 1.29 is 4.79 Å². The molecule has 5 rings (SSSR count). The highest BCUT2D eigenvalue weighted by atomic mass is 32.1. The molecule has 0 aliphatic rings. The van der Waals surface area contributed by atoms with Crippen LogP contribution in [0.4, 0.5) is 0 Å². The SMILES string of the molecule is Cc1cccc(-c2nc(-n3nc(C(=O)c4nn[nH]n4)c4cc(C)ccc43)sc2C(C)C)c1. The monoisotopic (exact) mass is 443 g/mol. The fourth-order valence-corrected chi connectivity index (χ4v) is 4.77. The third-order valence-electron chi connectivity index (χ3n) is 5.24. The molecule has 8 nitrogen and oxygen atoms in total. The summed E-state index contributed by atoms with van der Waals surface area (Å²) < 4.78 is 1.75. The number of ketones is 1. The van der Waals surface area contributed by atoms with Gasteiger partial charge in [0.1, 0.15) is 5.69 Å². The Balaban J connectivity index is 1.72. The Kier molecular flexibility index (Phi) is 4.90. The first-order chi connectivity index (χ1) is 15.4. The lowest BCUT2D eigenvalue weighted by Gasteiger charge is -2.05. The van der Waals surface area contributed by atoms with E-state index in [1.807, 2.05) is 31.2 Å². The smallest absolute Gasteiger partial charge is 0.254 e. The van der Waals surface area contributed by atoms with E-state index < -0.39 is 0 Å². The van der Waals surface area contributed by atoms with Gasteiger partial charge in [-0.2, -0.15) is 10.3 Å². The summed E-state index contributed by atoms with van der Waals surface area (Å²) in [6, 6.07) is 14.3. The van der Waals surface area contributed by atoms with E-state index in [4.69, 9.17) is 4.98 Å². The zero-order valence-corrected chi connectivity index (χ0v) is 18.9. The number of aromatic nitrogens is 7. The molecular formula is C23H21N7OS. The molecule has 5 aromatic rings. The van der Waals surface area contributed by atoms with Gasteiger partial charge in [-0.05, 0) is 43.2 Å². The second-order valence-corrected chi connectivity index (χ2v) is 9.09. The third kappa shape index (κ3) is 3.40. The quantitative estimate of drug-likeness (QED) is 0.397. The van der Waals surface area contributed by atoms with Gasteiger partial charge in [-0.3, -0.25) is 4.79 Å². The molecule has 0 atom stereocenters. The summed E-state index contributed by atoms with van der Waals surface area (Å²) in [5.41, 5.74) is 5.32. The van der Waals surface area contributed by atoms with Crippen LogP contribution in [0, 0.1) is 13.8 Å². The van der Waals surface area contributed by atoms with Gasteiger partial charge >= 0.3 is 0 Å². The number of hydrogen-bond donors (Lipinski definition) is 1. The Morgan fingerprint density at radius 3 is 2.62 bits per heavy atom. The van der Waals surface area contributed by atoms with Crippen molar-refractivity contribution >= 4 is 28.0 Å². The molecule has 0 amide bonds. The third-order valence-corrected chi connectivity index (χ3v) is 6.57. The fraction of sp³-hybridized carbons (Fsp3) is 0.217. The Hall–Kier alpha value is -3.72. The number of hydrogen-bond acceptors (Lipinski definition) is 7. The Labute approximate surface area is 188 Å². The molecule has 0 aliphatic heterocycles. The number of thiazole rings is 1. The number of tetrazole rings is 1. The molecule has 0 unspecified atom stereocenters. The highest BCUT2D eigenvalue weighted by molar-refractivity contribution is 7.14. The van der Waals surface area contributed by atoms with Gasteiger partial charge in [0.05, 0.1) is 11.2 Å². The number of carbonyl (C=O) groups is 1. The molecule has 32 heavy (non-hydrogen) atoms. The minimum absolute atomic E-state index is 0.0134. The van der Waals surface area contributed by atoms with E-state index >= 15 is 0 Å². The van der Waals surface area contributed by atoms with Crippen LogP contribution in [0.3, 0.4) is 0 Å². The molecule has 2 aromatic carbocycles. The lowest BCUT2D eigenvalue weighted by molar-refractivity contribution is 0.102. The zero-order valence-electron chi connectivity index (χ0n) is 18.1. The van der Waals surface area contributed by atoms with Gasteiger partial charge in [0.15, 0.2) is 0 Å². The first-order valence-corrected chi connectivity index (χ1v) is 11.1. The largest absolute Gasteiger partial charge is 0.283 e. The van der Waals surface area contributed by atoms with Crippen LogP contribution >= 0.6 is 11.3 Å². The summed E-state index contributed by atoms with van der Waals surface area (Å²) in [7, 11) is 0. The van der Waals surface area contributed by atoms with Crippen LogP contribution in [0.15, 0.2) is 42.5 Å². The van der Waals surface area contributed by atoms with Crippen LogP contribution in [0.5, 0.6) is 0 Å². The first-order valence-electron chi connectivity index (χ1n) is 10.3. The van der Waals surface area contributed by atoms with E-state index in [-0.39, 0.29) is 17.3 Å². The summed E-state index contributed by atoms with van der Waals surface area (Å²) in [5.74, 6) is -0.102. The van der Waals surface area contributed by atoms with Crippen LogP contribution in [0.2, 0.25) is 0 Å². The van der Waals surface area contributed by atoms with Crippen LogP contribution in [-0.2, 0) is 0 Å². The first kappa shape index (κ1) is 20.2. The maximum absolute atomic E-state index is 13.0. The molecule has 0 bridgehead atoms. The molecule has 0 fully saturated rings. The van der Waals surface area contributed by atoms with Crippen LogP contribution in [0.25, 0.3) is 27.3 Å². The van der Waals surface area contributed by atoms with Crippen molar-refractivity contribution in [2.45, 2.75) is 33.6 Å². The average molecular weight is 444 g/mol. The molecule has 3 heterocycles. The van der Waals surface area contributed by atoms with Crippen molar-refractivity contribution in [1.82, 2.24) is 35.4 Å². The van der Waals surface area contributed by atoms with Crippen molar-refractivity contribution in [1.29, 1.82) is 0 Å². The molecule has 160 valence electrons. The van der Waals surface area contributed by atoms with Gasteiger partial charge in [0.2, 0.25) is 11.0 Å². The maximum Gasteiger partial charge on any atom is 0.254 e. The van der Waals surface area contributed by atoms with E-state index in [2.05, 4.69) is 64.7 Å². The topological polar surface area (TPSA) is 102 Å². The van der Waals surface area contributed by atoms with Crippen molar-refractivity contribution in [3.8, 4) is 16.4 Å². The summed E-state index contributed by atoms with van der Waals surface area (Å²) in [6.07, 6.45) is 0. The molecule has 3 aromatic heterocycles. The average Bonchev–Trinajstić information content (AvgIpc) is 3.51. The highest BCUT2D eigenvalue weighted by Gasteiger charge is 2.25. The van der Waals surface area contributed by atoms with Crippen molar-refractivity contribution in [3.05, 3.63) is 70.0 Å². The normalized spacial score (nSPS) is 11.5. The second kappa shape index (κ2) is 7.76. The van der Waals surface area contributed by atoms with E-state index in [1.165, 1.54) is 10.4 Å². The molecule has 0 aliphatic carbocycles. The fourth-order valence-electron chi connectivity index (χ4n) is 3.71. The van der Waals surface area contributed by atoms with E-state index in [9.17, 15) is 4.79 Å². The number of fused-ring (bicyclic) bond motifs is 1. The summed E-state index contributed by atoms with van der Waals surface area (Å²) >= 11 is 1.59. The van der Waals surface area contributed by atoms with Crippen LogP contribution in [-0.4, -0.2) is 41.2 Å². The number of aryl methyl sites for hydroxylation is 2. The molecule has 0 saturated heterocycles. The summed E-state index contributed by atoms with van der Waals surface area (Å²) in [5, 5.41) is 19.6. The number of nitrogens with zero attached hydrogens (tertiary/aromatic N) is 6. The molecule has 0 saturated carbocycles. The van der Waals surface area contributed by atoms with Gasteiger partial charge in [-0.1, -0.05) is 60.6 Å². The van der Waals surface area contributed by atoms with Crippen molar-refractivity contribution in [2.24, 2.45) is 0 Å². The van der Waals surface area contributed by atoms with E-state index in [1.54, 1.807) is 16.0 Å². The summed E-state index contributed by atoms with van der Waals surface area (Å²) in [6.45, 7) is 8.37. The van der Waals surface area contributed by atoms with Crippen molar-refractivity contribution in [2.75, 3.05) is 0 Å². The Morgan fingerprint density at radius 1 is 1.09 bits per heavy atom. The van der Waals surface area contributed by atoms with Crippen LogP contribution in [0.1, 0.15) is 52.1 Å². The number of carbonyl (C=O) groups excluding carboxylic acids is 1. The van der Waals surface area contributed by atoms with Crippen LogP contribution < -0.4 is 0 Å². The highest BCUT2D eigenvalue weighted by Crippen LogP contribution is 2.37. The van der Waals surface area contributed by atoms with Gasteiger partial charge in [0.25, 0.3) is 5.78 Å². The van der Waals surface area contributed by atoms with Gasteiger partial charge in [0, 0.05) is 15.8 Å². The number of aromatic amines is 1. The van der Waals surface area contributed by atoms with Gasteiger partial charge in [-0.15, -0.1) is 10.2 Å². The number of benzene rings is 2. The molecule has 0 radical (unpaired) electrons. The van der Waals surface area contributed by atoms with Gasteiger partial charge in [-0.25, -0.2) is 9.67 Å². The number of rotatable bonds is 5. The molecule has 9 heteroatoms. The maximum atomic E-state index is 13.0.